The summed E-state index contributed by atoms with van der Waals surface area (Å²) in [4.78, 5) is 16.1. The van der Waals surface area contributed by atoms with Gasteiger partial charge in [-0.3, -0.25) is 4.79 Å². The number of hydrogen-bond donors (Lipinski definition) is 1. The standard InChI is InChI=1S/C14H19BrN2O/c1-9-3-5-12(7-10(9)2)17-14(18)13-6-4-11(15)8-16-13/h4,6,8-10,12H,3,5,7H2,1-2H3,(H,17,18). The largest absolute Gasteiger partial charge is 0.348 e. The molecule has 0 aromatic carbocycles. The normalized spacial score (nSPS) is 27.8. The van der Waals surface area contributed by atoms with Gasteiger partial charge in [0.15, 0.2) is 0 Å². The SMILES string of the molecule is CC1CCC(NC(=O)c2ccc(Br)cn2)CC1C. The topological polar surface area (TPSA) is 42.0 Å². The molecule has 1 saturated carbocycles. The molecule has 3 unspecified atom stereocenters. The van der Waals surface area contributed by atoms with Gasteiger partial charge in [-0.25, -0.2) is 4.98 Å². The summed E-state index contributed by atoms with van der Waals surface area (Å²) in [5.41, 5.74) is 0.490. The van der Waals surface area contributed by atoms with E-state index in [0.717, 1.165) is 23.2 Å². The third-order valence-corrected chi connectivity index (χ3v) is 4.36. The molecule has 0 aliphatic heterocycles. The van der Waals surface area contributed by atoms with Crippen LogP contribution in [0.2, 0.25) is 0 Å². The van der Waals surface area contributed by atoms with E-state index in [1.807, 2.05) is 6.07 Å². The molecule has 0 bridgehead atoms. The second-order valence-electron chi connectivity index (χ2n) is 5.30. The van der Waals surface area contributed by atoms with Crippen LogP contribution in [0, 0.1) is 11.8 Å². The summed E-state index contributed by atoms with van der Waals surface area (Å²) in [7, 11) is 0. The number of carbonyl (C=O) groups is 1. The molecule has 0 spiro atoms. The molecule has 1 N–H and O–H groups in total. The van der Waals surface area contributed by atoms with Crippen molar-refractivity contribution in [1.82, 2.24) is 10.3 Å². The van der Waals surface area contributed by atoms with Crippen LogP contribution >= 0.6 is 15.9 Å². The first-order chi connectivity index (χ1) is 8.56. The lowest BCUT2D eigenvalue weighted by Crippen LogP contribution is -2.40. The van der Waals surface area contributed by atoms with Crippen LogP contribution in [0.1, 0.15) is 43.6 Å². The minimum Gasteiger partial charge on any atom is -0.348 e. The molecule has 1 fully saturated rings. The van der Waals surface area contributed by atoms with Crippen molar-refractivity contribution in [2.45, 2.75) is 39.2 Å². The van der Waals surface area contributed by atoms with Crippen LogP contribution in [0.4, 0.5) is 0 Å². The van der Waals surface area contributed by atoms with E-state index in [2.05, 4.69) is 40.1 Å². The average molecular weight is 311 g/mol. The fraction of sp³-hybridized carbons (Fsp3) is 0.571. The Hall–Kier alpha value is -0.900. The lowest BCUT2D eigenvalue weighted by molar-refractivity contribution is 0.0905. The van der Waals surface area contributed by atoms with E-state index in [0.29, 0.717) is 17.7 Å². The van der Waals surface area contributed by atoms with Crippen LogP contribution in [-0.2, 0) is 0 Å². The van der Waals surface area contributed by atoms with Gasteiger partial charge < -0.3 is 5.32 Å². The van der Waals surface area contributed by atoms with Gasteiger partial charge in [-0.1, -0.05) is 13.8 Å². The van der Waals surface area contributed by atoms with Crippen molar-refractivity contribution in [1.29, 1.82) is 0 Å². The Bertz CT molecular complexity index is 418. The first-order valence-corrected chi connectivity index (χ1v) is 7.28. The molecular formula is C14H19BrN2O. The zero-order valence-corrected chi connectivity index (χ0v) is 12.4. The maximum absolute atomic E-state index is 12.0. The first-order valence-electron chi connectivity index (χ1n) is 6.48. The molecule has 3 nitrogen and oxygen atoms in total. The summed E-state index contributed by atoms with van der Waals surface area (Å²) in [6, 6.07) is 3.89. The Balaban J connectivity index is 1.93. The Morgan fingerprint density at radius 3 is 2.72 bits per heavy atom. The van der Waals surface area contributed by atoms with Crippen LogP contribution in [0.25, 0.3) is 0 Å². The molecule has 18 heavy (non-hydrogen) atoms. The highest BCUT2D eigenvalue weighted by atomic mass is 79.9. The lowest BCUT2D eigenvalue weighted by Gasteiger charge is -2.32. The van der Waals surface area contributed by atoms with Crippen LogP contribution < -0.4 is 5.32 Å². The molecule has 4 heteroatoms. The zero-order chi connectivity index (χ0) is 13.1. The van der Waals surface area contributed by atoms with E-state index in [4.69, 9.17) is 0 Å². The van der Waals surface area contributed by atoms with Gasteiger partial charge in [0.2, 0.25) is 0 Å². The van der Waals surface area contributed by atoms with Crippen molar-refractivity contribution in [2.75, 3.05) is 0 Å². The molecule has 1 aromatic rings. The summed E-state index contributed by atoms with van der Waals surface area (Å²) < 4.78 is 0.888. The summed E-state index contributed by atoms with van der Waals surface area (Å²) in [5, 5.41) is 3.09. The van der Waals surface area contributed by atoms with Crippen LogP contribution in [0.3, 0.4) is 0 Å². The lowest BCUT2D eigenvalue weighted by atomic mass is 9.79. The summed E-state index contributed by atoms with van der Waals surface area (Å²) in [5.74, 6) is 1.39. The highest BCUT2D eigenvalue weighted by Crippen LogP contribution is 2.29. The molecule has 1 aliphatic rings. The molecule has 2 rings (SSSR count). The van der Waals surface area contributed by atoms with E-state index in [-0.39, 0.29) is 5.91 Å². The number of nitrogens with zero attached hydrogens (tertiary/aromatic N) is 1. The molecule has 98 valence electrons. The van der Waals surface area contributed by atoms with E-state index < -0.39 is 0 Å². The van der Waals surface area contributed by atoms with Crippen molar-refractivity contribution in [3.63, 3.8) is 0 Å². The fourth-order valence-corrected chi connectivity index (χ4v) is 2.68. The zero-order valence-electron chi connectivity index (χ0n) is 10.8. The highest BCUT2D eigenvalue weighted by Gasteiger charge is 2.25. The van der Waals surface area contributed by atoms with Crippen molar-refractivity contribution >= 4 is 21.8 Å². The minimum atomic E-state index is -0.0609. The van der Waals surface area contributed by atoms with Gasteiger partial charge in [0.25, 0.3) is 5.91 Å². The second kappa shape index (κ2) is 5.83. The molecule has 3 atom stereocenters. The Morgan fingerprint density at radius 2 is 2.11 bits per heavy atom. The van der Waals surface area contributed by atoms with E-state index in [9.17, 15) is 4.79 Å². The summed E-state index contributed by atoms with van der Waals surface area (Å²) in [6.45, 7) is 4.56. The van der Waals surface area contributed by atoms with Gasteiger partial charge in [0.1, 0.15) is 5.69 Å². The van der Waals surface area contributed by atoms with Crippen molar-refractivity contribution < 1.29 is 4.79 Å². The Kier molecular flexibility index (Phi) is 4.38. The predicted molar refractivity (Wildman–Crippen MR) is 75.4 cm³/mol. The molecule has 1 aromatic heterocycles. The maximum Gasteiger partial charge on any atom is 0.270 e. The number of rotatable bonds is 2. The third kappa shape index (κ3) is 3.31. The quantitative estimate of drug-likeness (QED) is 0.909. The van der Waals surface area contributed by atoms with Gasteiger partial charge in [-0.05, 0) is 59.2 Å². The first kappa shape index (κ1) is 13.5. The van der Waals surface area contributed by atoms with E-state index in [1.54, 1.807) is 12.3 Å². The molecule has 0 radical (unpaired) electrons. The van der Waals surface area contributed by atoms with Gasteiger partial charge in [-0.2, -0.15) is 0 Å². The predicted octanol–water partition coefficient (Wildman–Crippen LogP) is 3.40. The minimum absolute atomic E-state index is 0.0609. The summed E-state index contributed by atoms with van der Waals surface area (Å²) in [6.07, 6.45) is 5.00. The monoisotopic (exact) mass is 310 g/mol. The number of carbonyl (C=O) groups excluding carboxylic acids is 1. The third-order valence-electron chi connectivity index (χ3n) is 3.89. The number of amides is 1. The molecular weight excluding hydrogens is 292 g/mol. The van der Waals surface area contributed by atoms with Gasteiger partial charge in [0.05, 0.1) is 0 Å². The number of nitrogens with one attached hydrogen (secondary N) is 1. The van der Waals surface area contributed by atoms with Crippen molar-refractivity contribution in [2.24, 2.45) is 11.8 Å². The van der Waals surface area contributed by atoms with Crippen molar-refractivity contribution in [3.8, 4) is 0 Å². The van der Waals surface area contributed by atoms with E-state index in [1.165, 1.54) is 6.42 Å². The van der Waals surface area contributed by atoms with Crippen LogP contribution in [0.15, 0.2) is 22.8 Å². The molecule has 1 heterocycles. The van der Waals surface area contributed by atoms with E-state index >= 15 is 0 Å². The molecule has 1 amide bonds. The Morgan fingerprint density at radius 1 is 1.33 bits per heavy atom. The fourth-order valence-electron chi connectivity index (χ4n) is 2.45. The second-order valence-corrected chi connectivity index (χ2v) is 6.22. The average Bonchev–Trinajstić information content (AvgIpc) is 2.34. The maximum atomic E-state index is 12.0. The smallest absolute Gasteiger partial charge is 0.270 e. The number of aromatic nitrogens is 1. The van der Waals surface area contributed by atoms with Crippen LogP contribution in [-0.4, -0.2) is 16.9 Å². The number of pyridine rings is 1. The van der Waals surface area contributed by atoms with Gasteiger partial charge >= 0.3 is 0 Å². The number of halogens is 1. The van der Waals surface area contributed by atoms with Gasteiger partial charge in [0, 0.05) is 16.7 Å². The Labute approximate surface area is 117 Å². The summed E-state index contributed by atoms with van der Waals surface area (Å²) >= 11 is 3.31. The molecule has 0 saturated heterocycles. The molecule has 1 aliphatic carbocycles. The van der Waals surface area contributed by atoms with Crippen LogP contribution in [0.5, 0.6) is 0 Å². The highest BCUT2D eigenvalue weighted by molar-refractivity contribution is 9.10. The number of hydrogen-bond acceptors (Lipinski definition) is 2. The van der Waals surface area contributed by atoms with Crippen molar-refractivity contribution in [3.05, 3.63) is 28.5 Å². The van der Waals surface area contributed by atoms with Gasteiger partial charge in [-0.15, -0.1) is 0 Å².